The minimum absolute atomic E-state index is 0.222. The molecule has 1 saturated heterocycles. The first kappa shape index (κ1) is 11.5. The van der Waals surface area contributed by atoms with Crippen LogP contribution in [-0.4, -0.2) is 24.1 Å². The summed E-state index contributed by atoms with van der Waals surface area (Å²) in [5.74, 6) is 0.930. The van der Waals surface area contributed by atoms with Crippen LogP contribution >= 0.6 is 0 Å². The Labute approximate surface area is 107 Å². The van der Waals surface area contributed by atoms with Crippen LogP contribution in [0.5, 0.6) is 0 Å². The fourth-order valence-corrected chi connectivity index (χ4v) is 2.53. The molecule has 4 heteroatoms. The van der Waals surface area contributed by atoms with Crippen LogP contribution in [0.1, 0.15) is 31.2 Å². The van der Waals surface area contributed by atoms with Gasteiger partial charge in [0, 0.05) is 12.2 Å². The van der Waals surface area contributed by atoms with Crippen molar-refractivity contribution >= 4 is 5.82 Å². The molecule has 1 saturated carbocycles. The van der Waals surface area contributed by atoms with Gasteiger partial charge in [0.15, 0.2) is 0 Å². The topological polar surface area (TPSA) is 60.7 Å². The standard InChI is InChI=1S/C14H18N4/c15-10-14(5-6-14)11-1-2-13(17-9-11)18-12-3-7-16-8-4-12/h1-2,9,12,16H,3-8H2,(H,17,18). The summed E-state index contributed by atoms with van der Waals surface area (Å²) in [5, 5.41) is 16.0. The third kappa shape index (κ3) is 2.19. The number of nitriles is 1. The van der Waals surface area contributed by atoms with E-state index in [0.717, 1.165) is 50.2 Å². The number of nitrogens with one attached hydrogen (secondary N) is 2. The zero-order valence-electron chi connectivity index (χ0n) is 10.4. The second-order valence-electron chi connectivity index (χ2n) is 5.29. The van der Waals surface area contributed by atoms with E-state index in [9.17, 15) is 0 Å². The van der Waals surface area contributed by atoms with Gasteiger partial charge in [0.2, 0.25) is 0 Å². The van der Waals surface area contributed by atoms with Gasteiger partial charge in [0.25, 0.3) is 0 Å². The van der Waals surface area contributed by atoms with Gasteiger partial charge in [-0.3, -0.25) is 0 Å². The summed E-state index contributed by atoms with van der Waals surface area (Å²) in [7, 11) is 0. The molecule has 94 valence electrons. The lowest BCUT2D eigenvalue weighted by atomic mass is 10.00. The van der Waals surface area contributed by atoms with Crippen LogP contribution in [0.15, 0.2) is 18.3 Å². The molecule has 3 rings (SSSR count). The van der Waals surface area contributed by atoms with E-state index in [1.54, 1.807) is 0 Å². The Morgan fingerprint density at radius 1 is 1.33 bits per heavy atom. The number of aromatic nitrogens is 1. The summed E-state index contributed by atoms with van der Waals surface area (Å²) in [6, 6.07) is 6.98. The molecule has 0 unspecified atom stereocenters. The third-order valence-corrected chi connectivity index (χ3v) is 3.97. The summed E-state index contributed by atoms with van der Waals surface area (Å²) >= 11 is 0. The Kier molecular flexibility index (Phi) is 2.92. The van der Waals surface area contributed by atoms with Crippen molar-refractivity contribution in [3.63, 3.8) is 0 Å². The molecule has 0 amide bonds. The molecule has 4 nitrogen and oxygen atoms in total. The SMILES string of the molecule is N#CC1(c2ccc(NC3CCNCC3)nc2)CC1. The van der Waals surface area contributed by atoms with E-state index >= 15 is 0 Å². The molecular formula is C14H18N4. The van der Waals surface area contributed by atoms with E-state index in [0.29, 0.717) is 6.04 Å². The molecule has 18 heavy (non-hydrogen) atoms. The zero-order chi connectivity index (χ0) is 12.4. The van der Waals surface area contributed by atoms with Crippen molar-refractivity contribution in [2.24, 2.45) is 0 Å². The number of hydrogen-bond donors (Lipinski definition) is 2. The molecular weight excluding hydrogens is 224 g/mol. The first-order valence-electron chi connectivity index (χ1n) is 6.67. The average Bonchev–Trinajstić information content (AvgIpc) is 3.22. The van der Waals surface area contributed by atoms with E-state index in [1.165, 1.54) is 0 Å². The zero-order valence-corrected chi connectivity index (χ0v) is 10.4. The molecule has 1 aliphatic carbocycles. The van der Waals surface area contributed by atoms with Gasteiger partial charge in [-0.15, -0.1) is 0 Å². The normalized spacial score (nSPS) is 22.2. The third-order valence-electron chi connectivity index (χ3n) is 3.97. The van der Waals surface area contributed by atoms with Crippen molar-refractivity contribution in [3.8, 4) is 6.07 Å². The van der Waals surface area contributed by atoms with Crippen molar-refractivity contribution in [1.82, 2.24) is 10.3 Å². The molecule has 2 fully saturated rings. The molecule has 0 atom stereocenters. The van der Waals surface area contributed by atoms with Gasteiger partial charge >= 0.3 is 0 Å². The minimum atomic E-state index is -0.222. The Morgan fingerprint density at radius 2 is 2.11 bits per heavy atom. The Morgan fingerprint density at radius 3 is 2.67 bits per heavy atom. The smallest absolute Gasteiger partial charge is 0.126 e. The Hall–Kier alpha value is -1.60. The maximum atomic E-state index is 9.14. The Bertz CT molecular complexity index is 450. The number of piperidine rings is 1. The highest BCUT2D eigenvalue weighted by Gasteiger charge is 2.45. The summed E-state index contributed by atoms with van der Waals surface area (Å²) < 4.78 is 0. The predicted octanol–water partition coefficient (Wildman–Crippen LogP) is 1.80. The summed E-state index contributed by atoms with van der Waals surface area (Å²) in [5.41, 5.74) is 0.848. The van der Waals surface area contributed by atoms with Crippen LogP contribution < -0.4 is 10.6 Å². The van der Waals surface area contributed by atoms with E-state index in [-0.39, 0.29) is 5.41 Å². The second-order valence-corrected chi connectivity index (χ2v) is 5.29. The van der Waals surface area contributed by atoms with Crippen LogP contribution in [0.2, 0.25) is 0 Å². The van der Waals surface area contributed by atoms with E-state index in [2.05, 4.69) is 21.7 Å². The van der Waals surface area contributed by atoms with Gasteiger partial charge in [-0.2, -0.15) is 5.26 Å². The lowest BCUT2D eigenvalue weighted by Crippen LogP contribution is -2.35. The van der Waals surface area contributed by atoms with E-state index in [4.69, 9.17) is 5.26 Å². The number of rotatable bonds is 3. The lowest BCUT2D eigenvalue weighted by molar-refractivity contribution is 0.478. The predicted molar refractivity (Wildman–Crippen MR) is 70.3 cm³/mol. The highest BCUT2D eigenvalue weighted by molar-refractivity contribution is 5.43. The van der Waals surface area contributed by atoms with Gasteiger partial charge in [-0.1, -0.05) is 6.07 Å². The first-order chi connectivity index (χ1) is 8.82. The summed E-state index contributed by atoms with van der Waals surface area (Å²) in [6.07, 6.45) is 6.11. The van der Waals surface area contributed by atoms with Crippen LogP contribution in [0.4, 0.5) is 5.82 Å². The molecule has 1 aromatic heterocycles. The molecule has 2 aliphatic rings. The minimum Gasteiger partial charge on any atom is -0.367 e. The second kappa shape index (κ2) is 4.58. The van der Waals surface area contributed by atoms with Gasteiger partial charge in [0.05, 0.1) is 11.5 Å². The molecule has 1 aromatic rings. The highest BCUT2D eigenvalue weighted by Crippen LogP contribution is 2.47. The molecule has 2 N–H and O–H groups in total. The lowest BCUT2D eigenvalue weighted by Gasteiger charge is -2.24. The quantitative estimate of drug-likeness (QED) is 0.848. The maximum absolute atomic E-state index is 9.14. The monoisotopic (exact) mass is 242 g/mol. The first-order valence-corrected chi connectivity index (χ1v) is 6.67. The number of hydrogen-bond acceptors (Lipinski definition) is 4. The number of nitrogens with zero attached hydrogens (tertiary/aromatic N) is 2. The van der Waals surface area contributed by atoms with Crippen LogP contribution in [0.3, 0.4) is 0 Å². The molecule has 0 radical (unpaired) electrons. The highest BCUT2D eigenvalue weighted by atomic mass is 15.0. The van der Waals surface area contributed by atoms with Gasteiger partial charge in [-0.05, 0) is 50.4 Å². The molecule has 0 spiro atoms. The molecule has 1 aliphatic heterocycles. The van der Waals surface area contributed by atoms with Crippen LogP contribution in [-0.2, 0) is 5.41 Å². The summed E-state index contributed by atoms with van der Waals surface area (Å²) in [4.78, 5) is 4.44. The van der Waals surface area contributed by atoms with Gasteiger partial charge in [-0.25, -0.2) is 4.98 Å². The fourth-order valence-electron chi connectivity index (χ4n) is 2.53. The Balaban J connectivity index is 1.66. The van der Waals surface area contributed by atoms with Crippen molar-refractivity contribution in [3.05, 3.63) is 23.9 Å². The molecule has 0 aromatic carbocycles. The van der Waals surface area contributed by atoms with E-state index in [1.807, 2.05) is 18.3 Å². The van der Waals surface area contributed by atoms with Crippen molar-refractivity contribution in [2.75, 3.05) is 18.4 Å². The number of pyridine rings is 1. The molecule has 0 bridgehead atoms. The van der Waals surface area contributed by atoms with Crippen molar-refractivity contribution in [1.29, 1.82) is 5.26 Å². The average molecular weight is 242 g/mol. The van der Waals surface area contributed by atoms with Gasteiger partial charge < -0.3 is 10.6 Å². The maximum Gasteiger partial charge on any atom is 0.126 e. The largest absolute Gasteiger partial charge is 0.367 e. The van der Waals surface area contributed by atoms with Crippen molar-refractivity contribution < 1.29 is 0 Å². The molecule has 2 heterocycles. The van der Waals surface area contributed by atoms with Gasteiger partial charge in [0.1, 0.15) is 5.82 Å². The number of anilines is 1. The van der Waals surface area contributed by atoms with E-state index < -0.39 is 0 Å². The fraction of sp³-hybridized carbons (Fsp3) is 0.571. The van der Waals surface area contributed by atoms with Crippen LogP contribution in [0, 0.1) is 11.3 Å². The summed E-state index contributed by atoms with van der Waals surface area (Å²) in [6.45, 7) is 2.15. The van der Waals surface area contributed by atoms with Crippen molar-refractivity contribution in [2.45, 2.75) is 37.1 Å². The van der Waals surface area contributed by atoms with Crippen LogP contribution in [0.25, 0.3) is 0 Å².